The molecule has 1 aliphatic carbocycles. The van der Waals surface area contributed by atoms with Crippen molar-refractivity contribution in [3.05, 3.63) is 0 Å². The van der Waals surface area contributed by atoms with Crippen molar-refractivity contribution < 1.29 is 19.1 Å². The molecule has 1 saturated carbocycles. The van der Waals surface area contributed by atoms with E-state index in [4.69, 9.17) is 15.2 Å². The van der Waals surface area contributed by atoms with Crippen molar-refractivity contribution in [1.29, 1.82) is 0 Å². The zero-order valence-electron chi connectivity index (χ0n) is 15.2. The first-order valence-corrected chi connectivity index (χ1v) is 9.88. The number of rotatable bonds is 8. The molecule has 0 aromatic carbocycles. The van der Waals surface area contributed by atoms with Gasteiger partial charge in [0.15, 0.2) is 4.34 Å². The molecule has 1 aromatic heterocycles. The summed E-state index contributed by atoms with van der Waals surface area (Å²) in [6.07, 6.45) is 0.418. The van der Waals surface area contributed by atoms with Crippen molar-refractivity contribution in [3.63, 3.8) is 0 Å². The van der Waals surface area contributed by atoms with Crippen LogP contribution in [0.4, 0.5) is 5.13 Å². The van der Waals surface area contributed by atoms with E-state index in [9.17, 15) is 9.59 Å². The Labute approximate surface area is 167 Å². The van der Waals surface area contributed by atoms with Gasteiger partial charge in [-0.1, -0.05) is 36.9 Å². The van der Waals surface area contributed by atoms with Gasteiger partial charge in [0, 0.05) is 18.4 Å². The number of hydrogen-bond donors (Lipinski definition) is 2. The summed E-state index contributed by atoms with van der Waals surface area (Å²) in [5.74, 6) is -0.459. The van der Waals surface area contributed by atoms with E-state index < -0.39 is 11.0 Å². The minimum atomic E-state index is -1.02. The van der Waals surface area contributed by atoms with E-state index in [2.05, 4.69) is 15.5 Å². The molecule has 1 heterocycles. The van der Waals surface area contributed by atoms with Gasteiger partial charge in [-0.2, -0.15) is 0 Å². The van der Waals surface area contributed by atoms with Crippen molar-refractivity contribution >= 4 is 52.5 Å². The van der Waals surface area contributed by atoms with Crippen LogP contribution in [0.15, 0.2) is 4.34 Å². The third-order valence-corrected chi connectivity index (χ3v) is 6.43. The molecule has 11 heteroatoms. The average molecular weight is 425 g/mol. The van der Waals surface area contributed by atoms with Crippen molar-refractivity contribution in [3.8, 4) is 0 Å². The first-order valence-electron chi connectivity index (χ1n) is 8.08. The Morgan fingerprint density at radius 1 is 1.35 bits per heavy atom. The van der Waals surface area contributed by atoms with Crippen LogP contribution < -0.4 is 11.1 Å². The minimum Gasteiger partial charge on any atom is -0.465 e. The number of thioether (sulfide) groups is 1. The molecule has 8 nitrogen and oxygen atoms in total. The van der Waals surface area contributed by atoms with Gasteiger partial charge < -0.3 is 15.2 Å². The van der Waals surface area contributed by atoms with E-state index in [-0.39, 0.29) is 36.1 Å². The van der Waals surface area contributed by atoms with Gasteiger partial charge in [-0.3, -0.25) is 14.9 Å². The molecule has 0 radical (unpaired) electrons. The fraction of sp³-hybridized carbons (Fsp3) is 0.733. The van der Waals surface area contributed by atoms with Crippen molar-refractivity contribution in [2.75, 3.05) is 24.3 Å². The maximum absolute atomic E-state index is 12.6. The molecule has 1 fully saturated rings. The first-order chi connectivity index (χ1) is 11.7. The second kappa shape index (κ2) is 9.32. The maximum Gasteiger partial charge on any atom is 0.316 e. The van der Waals surface area contributed by atoms with E-state index in [1.54, 1.807) is 6.92 Å². The van der Waals surface area contributed by atoms with Crippen molar-refractivity contribution in [2.24, 2.45) is 11.1 Å². The zero-order valence-corrected chi connectivity index (χ0v) is 17.7. The molecule has 148 valence electrons. The van der Waals surface area contributed by atoms with Gasteiger partial charge in [0.05, 0.1) is 18.5 Å². The summed E-state index contributed by atoms with van der Waals surface area (Å²) in [6.45, 7) is 8.46. The van der Waals surface area contributed by atoms with Crippen LogP contribution in [0.1, 0.15) is 34.1 Å². The third-order valence-electron chi connectivity index (χ3n) is 4.48. The Morgan fingerprint density at radius 2 is 2.04 bits per heavy atom. The smallest absolute Gasteiger partial charge is 0.316 e. The van der Waals surface area contributed by atoms with Crippen LogP contribution in [-0.4, -0.2) is 52.7 Å². The topological polar surface area (TPSA) is 116 Å². The van der Waals surface area contributed by atoms with Crippen LogP contribution in [0, 0.1) is 5.41 Å². The molecule has 2 unspecified atom stereocenters. The lowest BCUT2D eigenvalue weighted by atomic mass is 9.54. The predicted octanol–water partition coefficient (Wildman–Crippen LogP) is 2.09. The summed E-state index contributed by atoms with van der Waals surface area (Å²) in [7, 11) is 0. The van der Waals surface area contributed by atoms with Crippen LogP contribution >= 0.6 is 35.5 Å². The minimum absolute atomic E-state index is 0. The van der Waals surface area contributed by atoms with Gasteiger partial charge in [-0.25, -0.2) is 0 Å². The largest absolute Gasteiger partial charge is 0.465 e. The highest BCUT2D eigenvalue weighted by Gasteiger charge is 2.63. The number of aromatic nitrogens is 2. The summed E-state index contributed by atoms with van der Waals surface area (Å²) in [4.78, 5) is 24.0. The summed E-state index contributed by atoms with van der Waals surface area (Å²) in [6, 6.07) is 0. The Bertz CT molecular complexity index is 643. The number of carbonyl (C=O) groups is 2. The highest BCUT2D eigenvalue weighted by molar-refractivity contribution is 8.01. The quantitative estimate of drug-likeness (QED) is 0.370. The van der Waals surface area contributed by atoms with Gasteiger partial charge in [0.25, 0.3) is 0 Å². The standard InChI is InChI=1S/C15H24N4O4S2.ClH/c1-5-22-9-7-15(16,14(9,3)4)11(21)17-12-18-19-13(25-12)24-8-10(20)23-6-2;/h9H,5-8,16H2,1-4H3,(H,17,18,21);1H. The molecule has 3 N–H and O–H groups in total. The number of nitrogens with one attached hydrogen (secondary N) is 1. The summed E-state index contributed by atoms with van der Waals surface area (Å²) in [5, 5.41) is 11.0. The monoisotopic (exact) mass is 424 g/mol. The average Bonchev–Trinajstić information content (AvgIpc) is 3.00. The molecule has 0 aliphatic heterocycles. The Kier molecular flexibility index (Phi) is 8.28. The Balaban J connectivity index is 0.00000338. The lowest BCUT2D eigenvalue weighted by molar-refractivity contribution is -0.166. The lowest BCUT2D eigenvalue weighted by Gasteiger charge is -2.57. The molecule has 0 spiro atoms. The zero-order chi connectivity index (χ0) is 18.7. The normalized spacial score (nSPS) is 23.5. The molecule has 2 rings (SSSR count). The highest BCUT2D eigenvalue weighted by Crippen LogP contribution is 2.50. The van der Waals surface area contributed by atoms with Gasteiger partial charge in [0.2, 0.25) is 11.0 Å². The predicted molar refractivity (Wildman–Crippen MR) is 104 cm³/mol. The maximum atomic E-state index is 12.6. The molecule has 1 aromatic rings. The SMILES string of the molecule is CCOC(=O)CSc1nnc(NC(=O)C2(N)CC(OCC)C2(C)C)s1.Cl. The number of nitrogens with zero attached hydrogens (tertiary/aromatic N) is 2. The van der Waals surface area contributed by atoms with E-state index in [1.165, 1.54) is 23.1 Å². The number of halogens is 1. The molecular weight excluding hydrogens is 400 g/mol. The summed E-state index contributed by atoms with van der Waals surface area (Å²) >= 11 is 2.42. The number of esters is 1. The molecule has 2 atom stereocenters. The van der Waals surface area contributed by atoms with Crippen LogP contribution in [0.25, 0.3) is 0 Å². The fourth-order valence-corrected chi connectivity index (χ4v) is 4.22. The Morgan fingerprint density at radius 3 is 2.62 bits per heavy atom. The van der Waals surface area contributed by atoms with Crippen LogP contribution in [0.2, 0.25) is 0 Å². The number of amides is 1. The van der Waals surface area contributed by atoms with Gasteiger partial charge in [0.1, 0.15) is 5.54 Å². The highest BCUT2D eigenvalue weighted by atomic mass is 35.5. The lowest BCUT2D eigenvalue weighted by Crippen LogP contribution is -2.74. The van der Waals surface area contributed by atoms with Gasteiger partial charge in [-0.05, 0) is 13.8 Å². The number of carbonyl (C=O) groups excluding carboxylic acids is 2. The third kappa shape index (κ3) is 4.66. The van der Waals surface area contributed by atoms with Crippen molar-refractivity contribution in [2.45, 2.75) is 50.1 Å². The van der Waals surface area contributed by atoms with Crippen LogP contribution in [-0.2, 0) is 19.1 Å². The fourth-order valence-electron chi connectivity index (χ4n) is 2.67. The molecule has 26 heavy (non-hydrogen) atoms. The van der Waals surface area contributed by atoms with Gasteiger partial charge in [-0.15, -0.1) is 22.6 Å². The molecule has 0 bridgehead atoms. The second-order valence-corrected chi connectivity index (χ2v) is 8.46. The molecule has 1 aliphatic rings. The Hall–Kier alpha value is -0.940. The molecule has 0 saturated heterocycles. The summed E-state index contributed by atoms with van der Waals surface area (Å²) in [5.41, 5.74) is 4.84. The van der Waals surface area contributed by atoms with E-state index in [0.717, 1.165) is 0 Å². The number of nitrogens with two attached hydrogens (primary N) is 1. The van der Waals surface area contributed by atoms with Crippen LogP contribution in [0.3, 0.4) is 0 Å². The van der Waals surface area contributed by atoms with Crippen molar-refractivity contribution in [1.82, 2.24) is 10.2 Å². The summed E-state index contributed by atoms with van der Waals surface area (Å²) < 4.78 is 11.1. The second-order valence-electron chi connectivity index (χ2n) is 6.26. The molecule has 1 amide bonds. The van der Waals surface area contributed by atoms with E-state index in [0.29, 0.717) is 29.1 Å². The van der Waals surface area contributed by atoms with E-state index >= 15 is 0 Å². The molecular formula is C15H25ClN4O4S2. The van der Waals surface area contributed by atoms with E-state index in [1.807, 2.05) is 20.8 Å². The number of hydrogen-bond acceptors (Lipinski definition) is 9. The number of anilines is 1. The van der Waals surface area contributed by atoms with Crippen LogP contribution in [0.5, 0.6) is 0 Å². The first kappa shape index (κ1) is 23.1. The number of ether oxygens (including phenoxy) is 2. The van der Waals surface area contributed by atoms with Gasteiger partial charge >= 0.3 is 5.97 Å².